The summed E-state index contributed by atoms with van der Waals surface area (Å²) in [4.78, 5) is 26.6. The van der Waals surface area contributed by atoms with E-state index in [0.29, 0.717) is 18.0 Å². The summed E-state index contributed by atoms with van der Waals surface area (Å²) >= 11 is 6.00. The Hall–Kier alpha value is -1.55. The number of carbonyl (C=O) groups excluding carboxylic acids is 2. The summed E-state index contributed by atoms with van der Waals surface area (Å²) in [6, 6.07) is 6.55. The molecule has 0 bridgehead atoms. The number of hydrogen-bond acceptors (Lipinski definition) is 2. The molecule has 114 valence electrons. The Morgan fingerprint density at radius 2 is 2.05 bits per heavy atom. The van der Waals surface area contributed by atoms with Crippen molar-refractivity contribution < 1.29 is 9.59 Å². The zero-order chi connectivity index (χ0) is 15.6. The minimum Gasteiger partial charge on any atom is -0.343 e. The van der Waals surface area contributed by atoms with Crippen LogP contribution in [0.25, 0.3) is 0 Å². The van der Waals surface area contributed by atoms with E-state index in [4.69, 9.17) is 11.6 Å². The Labute approximate surface area is 130 Å². The first kappa shape index (κ1) is 15.8. The Bertz CT molecular complexity index is 545. The zero-order valence-corrected chi connectivity index (χ0v) is 13.4. The van der Waals surface area contributed by atoms with Gasteiger partial charge in [0.2, 0.25) is 11.8 Å². The highest BCUT2D eigenvalue weighted by Gasteiger charge is 2.41. The van der Waals surface area contributed by atoms with Gasteiger partial charge in [-0.15, -0.1) is 0 Å². The molecule has 0 aliphatic carbocycles. The van der Waals surface area contributed by atoms with Gasteiger partial charge in [-0.1, -0.05) is 44.5 Å². The van der Waals surface area contributed by atoms with Gasteiger partial charge in [-0.05, 0) is 30.0 Å². The molecule has 0 saturated carbocycles. The van der Waals surface area contributed by atoms with Crippen molar-refractivity contribution in [2.24, 2.45) is 5.92 Å². The van der Waals surface area contributed by atoms with Crippen molar-refractivity contribution in [1.29, 1.82) is 0 Å². The van der Waals surface area contributed by atoms with Gasteiger partial charge in [0.25, 0.3) is 0 Å². The average Bonchev–Trinajstić information content (AvgIpc) is 2.42. The van der Waals surface area contributed by atoms with E-state index in [0.717, 1.165) is 5.56 Å². The maximum absolute atomic E-state index is 12.6. The molecular weight excluding hydrogens is 288 g/mol. The monoisotopic (exact) mass is 308 g/mol. The number of nitrogens with one attached hydrogen (secondary N) is 1. The van der Waals surface area contributed by atoms with Crippen LogP contribution in [-0.4, -0.2) is 28.8 Å². The number of halogens is 1. The van der Waals surface area contributed by atoms with E-state index in [9.17, 15) is 9.59 Å². The standard InChI is InChI=1S/C16H21ClN2O2/c1-4-13-16(21)19(14(10(2)3)15(20)18-13)9-11-6-5-7-12(17)8-11/h5-8,10,13-14H,4,9H2,1-3H3,(H,18,20). The molecule has 1 saturated heterocycles. The van der Waals surface area contributed by atoms with Crippen LogP contribution < -0.4 is 5.32 Å². The van der Waals surface area contributed by atoms with Crippen molar-refractivity contribution in [2.45, 2.75) is 45.8 Å². The van der Waals surface area contributed by atoms with Crippen molar-refractivity contribution >= 4 is 23.4 Å². The van der Waals surface area contributed by atoms with Crippen LogP contribution >= 0.6 is 11.6 Å². The van der Waals surface area contributed by atoms with Gasteiger partial charge in [0, 0.05) is 11.6 Å². The van der Waals surface area contributed by atoms with Crippen LogP contribution in [0.3, 0.4) is 0 Å². The molecule has 1 aromatic rings. The third-order valence-electron chi connectivity index (χ3n) is 3.78. The summed E-state index contributed by atoms with van der Waals surface area (Å²) in [5, 5.41) is 3.45. The first-order valence-electron chi connectivity index (χ1n) is 7.29. The van der Waals surface area contributed by atoms with Gasteiger partial charge in [0.1, 0.15) is 12.1 Å². The summed E-state index contributed by atoms with van der Waals surface area (Å²) in [5.74, 6) is -0.0276. The van der Waals surface area contributed by atoms with Crippen LogP contribution in [0.15, 0.2) is 24.3 Å². The molecule has 1 N–H and O–H groups in total. The third-order valence-corrected chi connectivity index (χ3v) is 4.02. The number of hydrogen-bond donors (Lipinski definition) is 1. The molecular formula is C16H21ClN2O2. The second-order valence-corrected chi connectivity index (χ2v) is 6.19. The summed E-state index contributed by atoms with van der Waals surface area (Å²) in [7, 11) is 0. The van der Waals surface area contributed by atoms with Gasteiger partial charge in [-0.2, -0.15) is 0 Å². The molecule has 1 fully saturated rings. The minimum absolute atomic E-state index is 0.0178. The lowest BCUT2D eigenvalue weighted by molar-refractivity contribution is -0.152. The summed E-state index contributed by atoms with van der Waals surface area (Å²) in [6.45, 7) is 6.21. The first-order chi connectivity index (χ1) is 9.93. The molecule has 0 spiro atoms. The molecule has 2 amide bonds. The second-order valence-electron chi connectivity index (χ2n) is 5.75. The second kappa shape index (κ2) is 6.48. The van der Waals surface area contributed by atoms with Crippen LogP contribution in [0.2, 0.25) is 5.02 Å². The van der Waals surface area contributed by atoms with Crippen LogP contribution in [0, 0.1) is 5.92 Å². The topological polar surface area (TPSA) is 49.4 Å². The Morgan fingerprint density at radius 1 is 1.33 bits per heavy atom. The zero-order valence-electron chi connectivity index (χ0n) is 12.6. The number of piperazine rings is 1. The van der Waals surface area contributed by atoms with Gasteiger partial charge >= 0.3 is 0 Å². The Balaban J connectivity index is 2.29. The van der Waals surface area contributed by atoms with Crippen molar-refractivity contribution in [3.8, 4) is 0 Å². The molecule has 0 aromatic heterocycles. The third kappa shape index (κ3) is 3.38. The fourth-order valence-corrected chi connectivity index (χ4v) is 2.96. The van der Waals surface area contributed by atoms with Crippen molar-refractivity contribution in [1.82, 2.24) is 10.2 Å². The molecule has 0 radical (unpaired) electrons. The first-order valence-corrected chi connectivity index (χ1v) is 7.67. The molecule has 4 nitrogen and oxygen atoms in total. The molecule has 1 heterocycles. The van der Waals surface area contributed by atoms with Crippen LogP contribution in [0.1, 0.15) is 32.8 Å². The van der Waals surface area contributed by atoms with E-state index in [2.05, 4.69) is 5.32 Å². The predicted molar refractivity (Wildman–Crippen MR) is 82.8 cm³/mol. The van der Waals surface area contributed by atoms with E-state index in [1.165, 1.54) is 0 Å². The van der Waals surface area contributed by atoms with Gasteiger partial charge in [-0.3, -0.25) is 9.59 Å². The van der Waals surface area contributed by atoms with Crippen molar-refractivity contribution in [2.75, 3.05) is 0 Å². The highest BCUT2D eigenvalue weighted by atomic mass is 35.5. The highest BCUT2D eigenvalue weighted by molar-refractivity contribution is 6.30. The van der Waals surface area contributed by atoms with E-state index in [1.807, 2.05) is 39.0 Å². The summed E-state index contributed by atoms with van der Waals surface area (Å²) < 4.78 is 0. The van der Waals surface area contributed by atoms with E-state index < -0.39 is 12.1 Å². The number of carbonyl (C=O) groups is 2. The normalized spacial score (nSPS) is 22.6. The molecule has 1 aliphatic rings. The predicted octanol–water partition coefficient (Wildman–Crippen LogP) is 2.60. The van der Waals surface area contributed by atoms with Gasteiger partial charge < -0.3 is 10.2 Å². The molecule has 2 rings (SSSR count). The fourth-order valence-electron chi connectivity index (χ4n) is 2.75. The lowest BCUT2D eigenvalue weighted by atomic mass is 9.95. The number of amides is 2. The molecule has 21 heavy (non-hydrogen) atoms. The number of rotatable bonds is 4. The molecule has 2 unspecified atom stereocenters. The quantitative estimate of drug-likeness (QED) is 0.929. The van der Waals surface area contributed by atoms with Crippen molar-refractivity contribution in [3.63, 3.8) is 0 Å². The van der Waals surface area contributed by atoms with Crippen LogP contribution in [0.4, 0.5) is 0 Å². The minimum atomic E-state index is -0.431. The molecule has 1 aliphatic heterocycles. The molecule has 1 aromatic carbocycles. The lowest BCUT2D eigenvalue weighted by Crippen LogP contribution is -2.64. The highest BCUT2D eigenvalue weighted by Crippen LogP contribution is 2.22. The molecule has 2 atom stereocenters. The van der Waals surface area contributed by atoms with E-state index >= 15 is 0 Å². The van der Waals surface area contributed by atoms with Gasteiger partial charge in [0.05, 0.1) is 0 Å². The van der Waals surface area contributed by atoms with E-state index in [1.54, 1.807) is 11.0 Å². The van der Waals surface area contributed by atoms with Crippen molar-refractivity contribution in [3.05, 3.63) is 34.9 Å². The van der Waals surface area contributed by atoms with Crippen LogP contribution in [0.5, 0.6) is 0 Å². The Kier molecular flexibility index (Phi) is 4.88. The van der Waals surface area contributed by atoms with Crippen LogP contribution in [-0.2, 0) is 16.1 Å². The van der Waals surface area contributed by atoms with Gasteiger partial charge in [0.15, 0.2) is 0 Å². The average molecular weight is 309 g/mol. The van der Waals surface area contributed by atoms with Gasteiger partial charge in [-0.25, -0.2) is 0 Å². The van der Waals surface area contributed by atoms with E-state index in [-0.39, 0.29) is 17.7 Å². The fraction of sp³-hybridized carbons (Fsp3) is 0.500. The lowest BCUT2D eigenvalue weighted by Gasteiger charge is -2.40. The summed E-state index contributed by atoms with van der Waals surface area (Å²) in [6.07, 6.45) is 0.599. The number of benzene rings is 1. The summed E-state index contributed by atoms with van der Waals surface area (Å²) in [5.41, 5.74) is 0.936. The largest absolute Gasteiger partial charge is 0.343 e. The maximum Gasteiger partial charge on any atom is 0.246 e. The molecule has 5 heteroatoms. The smallest absolute Gasteiger partial charge is 0.246 e. The maximum atomic E-state index is 12.6. The SMILES string of the molecule is CCC1NC(=O)C(C(C)C)N(Cc2cccc(Cl)c2)C1=O. The Morgan fingerprint density at radius 3 is 2.62 bits per heavy atom. The number of nitrogens with zero attached hydrogens (tertiary/aromatic N) is 1.